The second-order valence-electron chi connectivity index (χ2n) is 10.1. The van der Waals surface area contributed by atoms with E-state index in [1.807, 2.05) is 29.2 Å². The number of anilines is 2. The molecule has 3 aromatic heterocycles. The normalized spacial score (nSPS) is 16.1. The number of amides is 1. The van der Waals surface area contributed by atoms with Gasteiger partial charge in [0, 0.05) is 42.9 Å². The summed E-state index contributed by atoms with van der Waals surface area (Å²) in [6.45, 7) is 1.54. The summed E-state index contributed by atoms with van der Waals surface area (Å²) in [5.41, 5.74) is 2.16. The third-order valence-corrected chi connectivity index (χ3v) is 8.89. The standard InChI is InChI=1S/C29H30N6O5S/c1-39-11-10-35(27-8-9-30-28(34-27)19-2-3-19)26-7-6-21-16-31-23(15-24(21)33-26)17-32-29(36)20-4-5-22-18-40-12-13-41(37,38)25(22)14-20/h4-9,14-16,19H,2-3,10-13,17-18H2,1H3,(H,32,36). The Hall–Kier alpha value is -4.00. The Kier molecular flexibility index (Phi) is 7.61. The van der Waals surface area contributed by atoms with Crippen LogP contribution in [0.2, 0.25) is 0 Å². The maximum Gasteiger partial charge on any atom is 0.251 e. The van der Waals surface area contributed by atoms with Gasteiger partial charge in [0.05, 0.1) is 48.2 Å². The largest absolute Gasteiger partial charge is 0.383 e. The van der Waals surface area contributed by atoms with Crippen molar-refractivity contribution >= 4 is 38.3 Å². The molecular weight excluding hydrogens is 544 g/mol. The fraction of sp³-hybridized carbons (Fsp3) is 0.345. The molecule has 11 nitrogen and oxygen atoms in total. The van der Waals surface area contributed by atoms with Gasteiger partial charge in [-0.2, -0.15) is 0 Å². The minimum Gasteiger partial charge on any atom is -0.383 e. The zero-order chi connectivity index (χ0) is 28.4. The number of nitrogens with zero attached hydrogens (tertiary/aromatic N) is 5. The number of benzene rings is 1. The van der Waals surface area contributed by atoms with Crippen LogP contribution in [0.25, 0.3) is 10.9 Å². The maximum absolute atomic E-state index is 12.9. The highest BCUT2D eigenvalue weighted by Gasteiger charge is 2.27. The Morgan fingerprint density at radius 2 is 1.95 bits per heavy atom. The molecule has 2 aliphatic rings. The molecule has 12 heteroatoms. The van der Waals surface area contributed by atoms with Gasteiger partial charge in [0.15, 0.2) is 9.84 Å². The van der Waals surface area contributed by atoms with Gasteiger partial charge in [-0.1, -0.05) is 6.07 Å². The number of sulfone groups is 1. The van der Waals surface area contributed by atoms with Gasteiger partial charge in [-0.05, 0) is 54.8 Å². The third kappa shape index (κ3) is 6.04. The first kappa shape index (κ1) is 27.2. The average molecular weight is 575 g/mol. The van der Waals surface area contributed by atoms with Crippen LogP contribution in [-0.2, 0) is 32.5 Å². The number of hydrogen-bond acceptors (Lipinski definition) is 10. The molecule has 1 N–H and O–H groups in total. The number of methoxy groups -OCH3 is 1. The topological polar surface area (TPSA) is 136 Å². The van der Waals surface area contributed by atoms with E-state index in [4.69, 9.17) is 19.4 Å². The monoisotopic (exact) mass is 574 g/mol. The quantitative estimate of drug-likeness (QED) is 0.317. The Morgan fingerprint density at radius 3 is 2.78 bits per heavy atom. The van der Waals surface area contributed by atoms with Gasteiger partial charge in [0.1, 0.15) is 17.5 Å². The number of fused-ring (bicyclic) bond motifs is 2. The summed E-state index contributed by atoms with van der Waals surface area (Å²) < 4.78 is 35.9. The molecule has 0 radical (unpaired) electrons. The van der Waals surface area contributed by atoms with Gasteiger partial charge in [0.2, 0.25) is 0 Å². The van der Waals surface area contributed by atoms with Gasteiger partial charge in [-0.15, -0.1) is 0 Å². The van der Waals surface area contributed by atoms with E-state index >= 15 is 0 Å². The maximum atomic E-state index is 12.9. The summed E-state index contributed by atoms with van der Waals surface area (Å²) in [7, 11) is -1.85. The number of ether oxygens (including phenoxy) is 2. The summed E-state index contributed by atoms with van der Waals surface area (Å²) in [6.07, 6.45) is 5.73. The van der Waals surface area contributed by atoms with Crippen molar-refractivity contribution in [2.45, 2.75) is 36.8 Å². The molecule has 4 heterocycles. The number of carbonyl (C=O) groups is 1. The van der Waals surface area contributed by atoms with Crippen LogP contribution in [0.3, 0.4) is 0 Å². The van der Waals surface area contributed by atoms with Crippen LogP contribution in [0.4, 0.5) is 11.6 Å². The van der Waals surface area contributed by atoms with E-state index in [0.29, 0.717) is 36.1 Å². The molecule has 4 aromatic rings. The Morgan fingerprint density at radius 1 is 1.10 bits per heavy atom. The van der Waals surface area contributed by atoms with Crippen LogP contribution in [-0.4, -0.2) is 66.9 Å². The molecule has 1 aliphatic heterocycles. The minimum absolute atomic E-state index is 0.108. The molecule has 212 valence electrons. The molecule has 0 unspecified atom stereocenters. The SMILES string of the molecule is COCCN(c1ccnc(C2CC2)n1)c1ccc2cnc(CNC(=O)c3ccc4c(c3)S(=O)(=O)CCOC4)cc2n1. The lowest BCUT2D eigenvalue weighted by molar-refractivity contribution is 0.0950. The van der Waals surface area contributed by atoms with Crippen molar-refractivity contribution < 1.29 is 22.7 Å². The van der Waals surface area contributed by atoms with Gasteiger partial charge in [-0.3, -0.25) is 9.78 Å². The molecule has 1 aliphatic carbocycles. The van der Waals surface area contributed by atoms with Crippen LogP contribution >= 0.6 is 0 Å². The highest BCUT2D eigenvalue weighted by molar-refractivity contribution is 7.91. The van der Waals surface area contributed by atoms with Crippen LogP contribution in [0, 0.1) is 0 Å². The van der Waals surface area contributed by atoms with Crippen molar-refractivity contribution in [3.63, 3.8) is 0 Å². The number of rotatable bonds is 9. The first-order valence-corrected chi connectivity index (χ1v) is 15.1. The lowest BCUT2D eigenvalue weighted by Crippen LogP contribution is -2.24. The molecule has 1 saturated carbocycles. The first-order chi connectivity index (χ1) is 19.9. The number of pyridine rings is 2. The van der Waals surface area contributed by atoms with E-state index in [0.717, 1.165) is 35.4 Å². The molecule has 0 bridgehead atoms. The highest BCUT2D eigenvalue weighted by Crippen LogP contribution is 2.38. The summed E-state index contributed by atoms with van der Waals surface area (Å²) in [5.74, 6) is 2.26. The number of aromatic nitrogens is 4. The first-order valence-electron chi connectivity index (χ1n) is 13.5. The van der Waals surface area contributed by atoms with Crippen molar-refractivity contribution in [1.29, 1.82) is 0 Å². The summed E-state index contributed by atoms with van der Waals surface area (Å²) in [4.78, 5) is 33.7. The fourth-order valence-corrected chi connectivity index (χ4v) is 6.10. The molecule has 6 rings (SSSR count). The predicted molar refractivity (Wildman–Crippen MR) is 152 cm³/mol. The number of carbonyl (C=O) groups excluding carboxylic acids is 1. The van der Waals surface area contributed by atoms with E-state index in [2.05, 4.69) is 15.3 Å². The highest BCUT2D eigenvalue weighted by atomic mass is 32.2. The molecule has 0 spiro atoms. The number of hydrogen-bond donors (Lipinski definition) is 1. The van der Waals surface area contributed by atoms with Crippen LogP contribution in [0.5, 0.6) is 0 Å². The van der Waals surface area contributed by atoms with E-state index in [1.165, 1.54) is 6.07 Å². The zero-order valence-electron chi connectivity index (χ0n) is 22.6. The molecule has 1 amide bonds. The van der Waals surface area contributed by atoms with Crippen molar-refractivity contribution in [3.05, 3.63) is 77.5 Å². The minimum atomic E-state index is -3.51. The van der Waals surface area contributed by atoms with Crippen molar-refractivity contribution in [2.75, 3.05) is 37.5 Å². The number of nitrogens with one attached hydrogen (secondary N) is 1. The summed E-state index contributed by atoms with van der Waals surface area (Å²) in [5, 5.41) is 3.70. The lowest BCUT2D eigenvalue weighted by atomic mass is 10.1. The summed E-state index contributed by atoms with van der Waals surface area (Å²) >= 11 is 0. The Labute approximate surface area is 237 Å². The van der Waals surface area contributed by atoms with Crippen molar-refractivity contribution in [2.24, 2.45) is 0 Å². The van der Waals surface area contributed by atoms with Gasteiger partial charge >= 0.3 is 0 Å². The molecule has 0 saturated heterocycles. The van der Waals surface area contributed by atoms with E-state index in [9.17, 15) is 13.2 Å². The van der Waals surface area contributed by atoms with E-state index < -0.39 is 15.7 Å². The van der Waals surface area contributed by atoms with Crippen LogP contribution in [0.15, 0.2) is 59.8 Å². The molecule has 1 aromatic carbocycles. The third-order valence-electron chi connectivity index (χ3n) is 7.14. The van der Waals surface area contributed by atoms with Gasteiger partial charge < -0.3 is 19.7 Å². The Bertz CT molecular complexity index is 1710. The second kappa shape index (κ2) is 11.5. The fourth-order valence-electron chi connectivity index (χ4n) is 4.71. The zero-order valence-corrected chi connectivity index (χ0v) is 23.4. The molecule has 41 heavy (non-hydrogen) atoms. The van der Waals surface area contributed by atoms with Gasteiger partial charge in [0.25, 0.3) is 5.91 Å². The van der Waals surface area contributed by atoms with E-state index in [1.54, 1.807) is 31.6 Å². The summed E-state index contributed by atoms with van der Waals surface area (Å²) in [6, 6.07) is 12.3. The van der Waals surface area contributed by atoms with Crippen LogP contribution < -0.4 is 10.2 Å². The second-order valence-corrected chi connectivity index (χ2v) is 12.2. The molecular formula is C29H30N6O5S. The average Bonchev–Trinajstić information content (AvgIpc) is 3.85. The Balaban J connectivity index is 1.22. The predicted octanol–water partition coefficient (Wildman–Crippen LogP) is 3.32. The van der Waals surface area contributed by atoms with E-state index in [-0.39, 0.29) is 36.0 Å². The van der Waals surface area contributed by atoms with Crippen molar-refractivity contribution in [3.8, 4) is 0 Å². The van der Waals surface area contributed by atoms with Crippen molar-refractivity contribution in [1.82, 2.24) is 25.3 Å². The lowest BCUT2D eigenvalue weighted by Gasteiger charge is -2.23. The molecule has 0 atom stereocenters. The van der Waals surface area contributed by atoms with Crippen LogP contribution in [0.1, 0.15) is 46.2 Å². The smallest absolute Gasteiger partial charge is 0.251 e. The van der Waals surface area contributed by atoms with Gasteiger partial charge in [-0.25, -0.2) is 23.4 Å². The molecule has 1 fully saturated rings.